The predicted octanol–water partition coefficient (Wildman–Crippen LogP) is 5.67. The van der Waals surface area contributed by atoms with Crippen LogP contribution in [0.25, 0.3) is 11.1 Å². The molecule has 0 saturated carbocycles. The highest BCUT2D eigenvalue weighted by Crippen LogP contribution is 2.42. The Morgan fingerprint density at radius 1 is 0.875 bits per heavy atom. The zero-order chi connectivity index (χ0) is 27.9. The number of benzene rings is 3. The Morgan fingerprint density at radius 2 is 1.60 bits per heavy atom. The van der Waals surface area contributed by atoms with Crippen LogP contribution < -0.4 is 5.73 Å². The van der Waals surface area contributed by atoms with Gasteiger partial charge in [0.2, 0.25) is 0 Å². The monoisotopic (exact) mass is 537 g/mol. The average Bonchev–Trinajstić information content (AvgIpc) is 3.01. The van der Waals surface area contributed by atoms with E-state index in [0.717, 1.165) is 58.6 Å². The predicted molar refractivity (Wildman–Crippen MR) is 158 cm³/mol. The molecule has 6 nitrogen and oxygen atoms in total. The average molecular weight is 538 g/mol. The second kappa shape index (κ2) is 13.3. The maximum atomic E-state index is 9.53. The molecule has 3 N–H and O–H groups in total. The molecule has 0 radical (unpaired) electrons. The van der Waals surface area contributed by atoms with E-state index in [0.29, 0.717) is 6.54 Å². The van der Waals surface area contributed by atoms with E-state index in [1.54, 1.807) is 0 Å². The first-order valence-corrected chi connectivity index (χ1v) is 14.0. The number of likely N-dealkylation sites (N-methyl/N-ethyl adjacent to an activating group) is 1. The van der Waals surface area contributed by atoms with Gasteiger partial charge in [0.1, 0.15) is 0 Å². The first kappa shape index (κ1) is 28.1. The van der Waals surface area contributed by atoms with E-state index >= 15 is 0 Å². The van der Waals surface area contributed by atoms with Crippen molar-refractivity contribution in [2.75, 3.05) is 20.1 Å². The molecule has 6 heteroatoms. The van der Waals surface area contributed by atoms with Crippen molar-refractivity contribution in [2.24, 2.45) is 11.7 Å². The van der Waals surface area contributed by atoms with E-state index in [1.165, 1.54) is 0 Å². The Hall–Kier alpha value is -3.39. The number of rotatable bonds is 10. The third-order valence-electron chi connectivity index (χ3n) is 7.82. The van der Waals surface area contributed by atoms with Gasteiger partial charge in [-0.2, -0.15) is 0 Å². The number of aliphatic hydroxyl groups excluding tert-OH is 1. The fourth-order valence-electron chi connectivity index (χ4n) is 5.38. The topological polar surface area (TPSA) is 80.8 Å². The van der Waals surface area contributed by atoms with Gasteiger partial charge in [-0.3, -0.25) is 4.98 Å². The molecule has 0 aliphatic carbocycles. The lowest BCUT2D eigenvalue weighted by Gasteiger charge is -2.42. The lowest BCUT2D eigenvalue weighted by atomic mass is 9.90. The summed E-state index contributed by atoms with van der Waals surface area (Å²) < 4.78 is 13.3. The van der Waals surface area contributed by atoms with Crippen molar-refractivity contribution in [1.29, 1.82) is 0 Å². The van der Waals surface area contributed by atoms with E-state index in [9.17, 15) is 5.11 Å². The van der Waals surface area contributed by atoms with Crippen molar-refractivity contribution in [1.82, 2.24) is 9.88 Å². The molecule has 2 heterocycles. The van der Waals surface area contributed by atoms with Crippen molar-refractivity contribution in [3.63, 3.8) is 0 Å². The number of hydrogen-bond acceptors (Lipinski definition) is 6. The number of aliphatic hydroxyl groups is 1. The zero-order valence-electron chi connectivity index (χ0n) is 23.3. The van der Waals surface area contributed by atoms with Crippen LogP contribution in [-0.4, -0.2) is 41.2 Å². The molecule has 1 saturated heterocycles. The van der Waals surface area contributed by atoms with Crippen LogP contribution in [-0.2, 0) is 29.0 Å². The second-order valence-electron chi connectivity index (χ2n) is 10.6. The summed E-state index contributed by atoms with van der Waals surface area (Å²) in [6.45, 7) is 4.39. The molecule has 0 bridgehead atoms. The van der Waals surface area contributed by atoms with E-state index < -0.39 is 6.29 Å². The zero-order valence-corrected chi connectivity index (χ0v) is 23.3. The minimum absolute atomic E-state index is 0.0242. The minimum atomic E-state index is -0.494. The van der Waals surface area contributed by atoms with Gasteiger partial charge in [0, 0.05) is 49.4 Å². The molecule has 0 amide bonds. The summed E-state index contributed by atoms with van der Waals surface area (Å²) in [5, 5.41) is 9.53. The fraction of sp³-hybridized carbons (Fsp3) is 0.324. The summed E-state index contributed by atoms with van der Waals surface area (Å²) in [4.78, 5) is 6.78. The van der Waals surface area contributed by atoms with Crippen molar-refractivity contribution in [2.45, 2.75) is 45.0 Å². The van der Waals surface area contributed by atoms with Crippen LogP contribution in [0.5, 0.6) is 0 Å². The van der Waals surface area contributed by atoms with Crippen LogP contribution in [0.3, 0.4) is 0 Å². The lowest BCUT2D eigenvalue weighted by molar-refractivity contribution is -0.275. The van der Waals surface area contributed by atoms with E-state index in [1.807, 2.05) is 42.6 Å². The number of aromatic nitrogens is 1. The molecule has 40 heavy (non-hydrogen) atoms. The molecule has 0 unspecified atom stereocenters. The molecule has 1 fully saturated rings. The van der Waals surface area contributed by atoms with Crippen LogP contribution in [0.1, 0.15) is 47.3 Å². The number of pyridine rings is 1. The Labute approximate surface area is 237 Å². The number of nitrogens with zero attached hydrogens (tertiary/aromatic N) is 2. The Morgan fingerprint density at radius 3 is 2.30 bits per heavy atom. The Kier molecular flexibility index (Phi) is 9.37. The SMILES string of the molecule is C[C@@H]1[C@H](CN(C)CCc2ccccn2)O[C@H](c2ccc(-c3ccccc3CN)cc2)O[C@@H]1c1ccc(CO)cc1. The van der Waals surface area contributed by atoms with Gasteiger partial charge in [0.15, 0.2) is 6.29 Å². The summed E-state index contributed by atoms with van der Waals surface area (Å²) >= 11 is 0. The quantitative estimate of drug-likeness (QED) is 0.272. The molecule has 1 aliphatic rings. The number of nitrogens with two attached hydrogens (primary N) is 1. The molecule has 4 aromatic rings. The summed E-state index contributed by atoms with van der Waals surface area (Å²) in [5.41, 5.74) is 13.4. The van der Waals surface area contributed by atoms with Crippen LogP contribution in [0.4, 0.5) is 0 Å². The fourth-order valence-corrected chi connectivity index (χ4v) is 5.38. The highest BCUT2D eigenvalue weighted by Gasteiger charge is 2.38. The summed E-state index contributed by atoms with van der Waals surface area (Å²) in [5.74, 6) is 0.129. The maximum Gasteiger partial charge on any atom is 0.184 e. The van der Waals surface area contributed by atoms with Crippen molar-refractivity contribution < 1.29 is 14.6 Å². The van der Waals surface area contributed by atoms with Crippen LogP contribution >= 0.6 is 0 Å². The standard InChI is InChI=1S/C34H39N3O3/c1-24-32(22-37(2)20-18-30-8-5-6-19-36-30)39-34(40-33(24)27-12-10-25(23-38)11-13-27)28-16-14-26(15-17-28)31-9-4-3-7-29(31)21-35/h3-17,19,24,32-34,38H,18,20-23,35H2,1-2H3/t24-,32+,33+,34+/m1/s1. The molecular formula is C34H39N3O3. The lowest BCUT2D eigenvalue weighted by Crippen LogP contribution is -2.43. The summed E-state index contributed by atoms with van der Waals surface area (Å²) in [6, 6.07) is 30.8. The van der Waals surface area contributed by atoms with Gasteiger partial charge < -0.3 is 25.2 Å². The van der Waals surface area contributed by atoms with Gasteiger partial charge in [-0.05, 0) is 47.0 Å². The molecule has 0 spiro atoms. The summed E-state index contributed by atoms with van der Waals surface area (Å²) in [7, 11) is 2.14. The van der Waals surface area contributed by atoms with E-state index in [4.69, 9.17) is 15.2 Å². The first-order chi connectivity index (χ1) is 19.6. The molecule has 5 rings (SSSR count). The Bertz CT molecular complexity index is 1350. The van der Waals surface area contributed by atoms with Crippen LogP contribution in [0.2, 0.25) is 0 Å². The largest absolute Gasteiger partial charge is 0.392 e. The maximum absolute atomic E-state index is 9.53. The second-order valence-corrected chi connectivity index (χ2v) is 10.6. The molecule has 1 aliphatic heterocycles. The normalized spacial score (nSPS) is 21.0. The van der Waals surface area contributed by atoms with E-state index in [-0.39, 0.29) is 24.7 Å². The number of ether oxygens (including phenoxy) is 2. The summed E-state index contributed by atoms with van der Waals surface area (Å²) in [6.07, 6.45) is 2.06. The third-order valence-corrected chi connectivity index (χ3v) is 7.82. The van der Waals surface area contributed by atoms with Crippen molar-refractivity contribution >= 4 is 0 Å². The molecule has 1 aromatic heterocycles. The van der Waals surface area contributed by atoms with Crippen LogP contribution in [0.15, 0.2) is 97.2 Å². The van der Waals surface area contributed by atoms with Crippen molar-refractivity contribution in [3.05, 3.63) is 125 Å². The third kappa shape index (κ3) is 6.66. The number of hydrogen-bond donors (Lipinski definition) is 2. The first-order valence-electron chi connectivity index (χ1n) is 14.0. The van der Waals surface area contributed by atoms with Gasteiger partial charge >= 0.3 is 0 Å². The molecular weight excluding hydrogens is 498 g/mol. The van der Waals surface area contributed by atoms with Crippen molar-refractivity contribution in [3.8, 4) is 11.1 Å². The Balaban J connectivity index is 1.36. The van der Waals surface area contributed by atoms with Gasteiger partial charge in [-0.25, -0.2) is 0 Å². The molecule has 208 valence electrons. The van der Waals surface area contributed by atoms with Crippen LogP contribution in [0, 0.1) is 5.92 Å². The molecule has 4 atom stereocenters. The van der Waals surface area contributed by atoms with Gasteiger partial charge in [-0.15, -0.1) is 0 Å². The smallest absolute Gasteiger partial charge is 0.184 e. The van der Waals surface area contributed by atoms with Gasteiger partial charge in [0.05, 0.1) is 18.8 Å². The highest BCUT2D eigenvalue weighted by molar-refractivity contribution is 5.67. The highest BCUT2D eigenvalue weighted by atomic mass is 16.7. The molecule has 3 aromatic carbocycles. The van der Waals surface area contributed by atoms with E-state index in [2.05, 4.69) is 78.5 Å². The van der Waals surface area contributed by atoms with Gasteiger partial charge in [-0.1, -0.05) is 85.8 Å². The van der Waals surface area contributed by atoms with Gasteiger partial charge in [0.25, 0.3) is 0 Å². The minimum Gasteiger partial charge on any atom is -0.392 e.